The van der Waals surface area contributed by atoms with Gasteiger partial charge < -0.3 is 15.6 Å². The number of ether oxygens (including phenoxy) is 1. The van der Waals surface area contributed by atoms with Gasteiger partial charge in [-0.25, -0.2) is 0 Å². The van der Waals surface area contributed by atoms with E-state index in [-0.39, 0.29) is 12.1 Å². The second-order valence-electron chi connectivity index (χ2n) is 4.12. The van der Waals surface area contributed by atoms with Gasteiger partial charge in [-0.05, 0) is 12.0 Å². The lowest BCUT2D eigenvalue weighted by molar-refractivity contribution is 0.0357. The average molecular weight is 207 g/mol. The first-order chi connectivity index (χ1) is 7.25. The van der Waals surface area contributed by atoms with Gasteiger partial charge in [-0.1, -0.05) is 30.3 Å². The Bertz CT molecular complexity index is 292. The highest BCUT2D eigenvalue weighted by molar-refractivity contribution is 5.13. The average Bonchev–Trinajstić information content (AvgIpc) is 2.57. The van der Waals surface area contributed by atoms with Crippen molar-refractivity contribution in [3.05, 3.63) is 35.9 Å². The fraction of sp³-hybridized carbons (Fsp3) is 0.500. The molecule has 0 aliphatic heterocycles. The fourth-order valence-corrected chi connectivity index (χ4v) is 1.93. The molecule has 1 aliphatic carbocycles. The summed E-state index contributed by atoms with van der Waals surface area (Å²) in [4.78, 5) is 0. The Hall–Kier alpha value is -0.900. The molecule has 1 aromatic rings. The van der Waals surface area contributed by atoms with Crippen LogP contribution >= 0.6 is 0 Å². The standard InChI is InChI=1S/C12H17NO2/c13-11-6-10(7-12(11)14)15-8-9-4-2-1-3-5-9/h1-5,10-12,14H,6-8,13H2/t10?,11-,12-/m0/s1. The Balaban J connectivity index is 1.80. The van der Waals surface area contributed by atoms with Crippen LogP contribution in [0.4, 0.5) is 0 Å². The first-order valence-electron chi connectivity index (χ1n) is 5.35. The van der Waals surface area contributed by atoms with Crippen molar-refractivity contribution in [3.8, 4) is 0 Å². The van der Waals surface area contributed by atoms with E-state index >= 15 is 0 Å². The summed E-state index contributed by atoms with van der Waals surface area (Å²) < 4.78 is 5.69. The van der Waals surface area contributed by atoms with E-state index in [0.29, 0.717) is 13.0 Å². The molecule has 3 atom stereocenters. The van der Waals surface area contributed by atoms with E-state index in [1.54, 1.807) is 0 Å². The minimum atomic E-state index is -0.397. The molecule has 0 bridgehead atoms. The summed E-state index contributed by atoms with van der Waals surface area (Å²) in [6.07, 6.45) is 1.13. The van der Waals surface area contributed by atoms with Crippen LogP contribution in [-0.2, 0) is 11.3 Å². The normalized spacial score (nSPS) is 30.7. The number of hydrogen-bond acceptors (Lipinski definition) is 3. The number of rotatable bonds is 3. The number of benzene rings is 1. The predicted molar refractivity (Wildman–Crippen MR) is 58.2 cm³/mol. The van der Waals surface area contributed by atoms with Crippen LogP contribution in [0.2, 0.25) is 0 Å². The van der Waals surface area contributed by atoms with E-state index in [2.05, 4.69) is 0 Å². The zero-order chi connectivity index (χ0) is 10.7. The lowest BCUT2D eigenvalue weighted by Gasteiger charge is -2.10. The van der Waals surface area contributed by atoms with Gasteiger partial charge >= 0.3 is 0 Å². The highest BCUT2D eigenvalue weighted by atomic mass is 16.5. The molecule has 82 valence electrons. The van der Waals surface area contributed by atoms with Crippen molar-refractivity contribution < 1.29 is 9.84 Å². The molecule has 1 aliphatic rings. The maximum Gasteiger partial charge on any atom is 0.0720 e. The third-order valence-corrected chi connectivity index (χ3v) is 2.86. The van der Waals surface area contributed by atoms with E-state index in [0.717, 1.165) is 12.0 Å². The monoisotopic (exact) mass is 207 g/mol. The van der Waals surface area contributed by atoms with Crippen LogP contribution in [0.15, 0.2) is 30.3 Å². The molecule has 1 aromatic carbocycles. The molecule has 0 radical (unpaired) electrons. The van der Waals surface area contributed by atoms with Crippen LogP contribution < -0.4 is 5.73 Å². The third-order valence-electron chi connectivity index (χ3n) is 2.86. The van der Waals surface area contributed by atoms with Crippen molar-refractivity contribution >= 4 is 0 Å². The van der Waals surface area contributed by atoms with Crippen molar-refractivity contribution in [2.24, 2.45) is 5.73 Å². The van der Waals surface area contributed by atoms with E-state index in [4.69, 9.17) is 10.5 Å². The van der Waals surface area contributed by atoms with Crippen molar-refractivity contribution in [1.82, 2.24) is 0 Å². The highest BCUT2D eigenvalue weighted by Gasteiger charge is 2.30. The van der Waals surface area contributed by atoms with E-state index in [1.807, 2.05) is 30.3 Å². The Kier molecular flexibility index (Phi) is 3.36. The smallest absolute Gasteiger partial charge is 0.0720 e. The highest BCUT2D eigenvalue weighted by Crippen LogP contribution is 2.22. The fourth-order valence-electron chi connectivity index (χ4n) is 1.93. The van der Waals surface area contributed by atoms with Crippen LogP contribution in [-0.4, -0.2) is 23.4 Å². The van der Waals surface area contributed by atoms with Gasteiger partial charge in [0.15, 0.2) is 0 Å². The summed E-state index contributed by atoms with van der Waals surface area (Å²) in [5.74, 6) is 0. The van der Waals surface area contributed by atoms with Gasteiger partial charge in [0.05, 0.1) is 18.8 Å². The minimum absolute atomic E-state index is 0.107. The molecule has 2 rings (SSSR count). The number of hydrogen-bond donors (Lipinski definition) is 2. The number of aliphatic hydroxyl groups is 1. The maximum atomic E-state index is 9.46. The Morgan fingerprint density at radius 2 is 2.00 bits per heavy atom. The van der Waals surface area contributed by atoms with Crippen LogP contribution in [0.1, 0.15) is 18.4 Å². The van der Waals surface area contributed by atoms with Gasteiger partial charge in [0, 0.05) is 12.5 Å². The van der Waals surface area contributed by atoms with Crippen LogP contribution in [0, 0.1) is 0 Å². The molecule has 1 unspecified atom stereocenters. The van der Waals surface area contributed by atoms with Crippen molar-refractivity contribution in [3.63, 3.8) is 0 Å². The SMILES string of the molecule is N[C@H]1CC(OCc2ccccc2)C[C@@H]1O. The van der Waals surface area contributed by atoms with Gasteiger partial charge in [0.1, 0.15) is 0 Å². The zero-order valence-electron chi connectivity index (χ0n) is 8.67. The molecule has 3 nitrogen and oxygen atoms in total. The Morgan fingerprint density at radius 3 is 2.60 bits per heavy atom. The van der Waals surface area contributed by atoms with Crippen LogP contribution in [0.25, 0.3) is 0 Å². The summed E-state index contributed by atoms with van der Waals surface area (Å²) in [7, 11) is 0. The maximum absolute atomic E-state index is 9.46. The summed E-state index contributed by atoms with van der Waals surface area (Å²) in [5.41, 5.74) is 6.87. The van der Waals surface area contributed by atoms with Crippen LogP contribution in [0.5, 0.6) is 0 Å². The number of aliphatic hydroxyl groups excluding tert-OH is 1. The topological polar surface area (TPSA) is 55.5 Å². The third kappa shape index (κ3) is 2.78. The molecule has 3 heteroatoms. The summed E-state index contributed by atoms with van der Waals surface area (Å²) in [6, 6.07) is 9.92. The van der Waals surface area contributed by atoms with Gasteiger partial charge in [0.25, 0.3) is 0 Å². The second-order valence-corrected chi connectivity index (χ2v) is 4.12. The molecule has 0 aromatic heterocycles. The summed E-state index contributed by atoms with van der Waals surface area (Å²) in [5, 5.41) is 9.46. The van der Waals surface area contributed by atoms with E-state index < -0.39 is 6.10 Å². The largest absolute Gasteiger partial charge is 0.391 e. The second kappa shape index (κ2) is 4.75. The molecule has 15 heavy (non-hydrogen) atoms. The van der Waals surface area contributed by atoms with Gasteiger partial charge in [-0.3, -0.25) is 0 Å². The molecule has 0 spiro atoms. The molecule has 0 amide bonds. The van der Waals surface area contributed by atoms with Gasteiger partial charge in [0.2, 0.25) is 0 Å². The lowest BCUT2D eigenvalue weighted by Crippen LogP contribution is -2.28. The molecule has 0 saturated heterocycles. The summed E-state index contributed by atoms with van der Waals surface area (Å²) >= 11 is 0. The molecule has 0 heterocycles. The van der Waals surface area contributed by atoms with Crippen LogP contribution in [0.3, 0.4) is 0 Å². The zero-order valence-corrected chi connectivity index (χ0v) is 8.67. The Labute approximate surface area is 89.9 Å². The number of nitrogens with two attached hydrogens (primary N) is 1. The summed E-state index contributed by atoms with van der Waals surface area (Å²) in [6.45, 7) is 0.602. The molecular formula is C12H17NO2. The molecule has 1 fully saturated rings. The molecule has 3 N–H and O–H groups in total. The van der Waals surface area contributed by atoms with E-state index in [1.165, 1.54) is 0 Å². The molecular weight excluding hydrogens is 190 g/mol. The quantitative estimate of drug-likeness (QED) is 0.779. The van der Waals surface area contributed by atoms with Crippen molar-refractivity contribution in [1.29, 1.82) is 0 Å². The van der Waals surface area contributed by atoms with Gasteiger partial charge in [-0.15, -0.1) is 0 Å². The molecule has 1 saturated carbocycles. The first-order valence-corrected chi connectivity index (χ1v) is 5.35. The van der Waals surface area contributed by atoms with Crippen molar-refractivity contribution in [2.45, 2.75) is 37.7 Å². The lowest BCUT2D eigenvalue weighted by atomic mass is 10.2. The van der Waals surface area contributed by atoms with Gasteiger partial charge in [-0.2, -0.15) is 0 Å². The predicted octanol–water partition coefficient (Wildman–Crippen LogP) is 1.05. The first kappa shape index (κ1) is 10.6. The Morgan fingerprint density at radius 1 is 1.27 bits per heavy atom. The van der Waals surface area contributed by atoms with E-state index in [9.17, 15) is 5.11 Å². The minimum Gasteiger partial charge on any atom is -0.391 e. The van der Waals surface area contributed by atoms with Crippen molar-refractivity contribution in [2.75, 3.05) is 0 Å².